The first kappa shape index (κ1) is 34.4. The number of ether oxygens (including phenoxy) is 2. The molecule has 0 unspecified atom stereocenters. The molecular formula is C29H56N2O5. The van der Waals surface area contributed by atoms with Crippen LogP contribution in [0.1, 0.15) is 123 Å². The molecule has 0 radical (unpaired) electrons. The Morgan fingerprint density at radius 3 is 1.69 bits per heavy atom. The largest absolute Gasteiger partial charge is 0.466 e. The highest BCUT2D eigenvalue weighted by Gasteiger charge is 2.15. The minimum atomic E-state index is -0.229. The monoisotopic (exact) mass is 512 g/mol. The molecule has 0 fully saturated rings. The van der Waals surface area contributed by atoms with Gasteiger partial charge in [-0.15, -0.1) is 0 Å². The lowest BCUT2D eigenvalue weighted by Crippen LogP contribution is -2.35. The maximum absolute atomic E-state index is 12.8. The van der Waals surface area contributed by atoms with Gasteiger partial charge < -0.3 is 19.3 Å². The van der Waals surface area contributed by atoms with Crippen molar-refractivity contribution in [1.29, 1.82) is 0 Å². The Hall–Kier alpha value is -1.63. The summed E-state index contributed by atoms with van der Waals surface area (Å²) >= 11 is 0. The molecule has 0 N–H and O–H groups in total. The van der Waals surface area contributed by atoms with Crippen LogP contribution in [-0.4, -0.2) is 74.6 Å². The van der Waals surface area contributed by atoms with Crippen molar-refractivity contribution in [2.24, 2.45) is 0 Å². The zero-order valence-electron chi connectivity index (χ0n) is 24.0. The third kappa shape index (κ3) is 22.8. The summed E-state index contributed by atoms with van der Waals surface area (Å²) in [4.78, 5) is 40.5. The molecule has 7 nitrogen and oxygen atoms in total. The van der Waals surface area contributed by atoms with Crippen LogP contribution in [0.15, 0.2) is 0 Å². The molecule has 0 heterocycles. The van der Waals surface area contributed by atoms with E-state index in [1.54, 1.807) is 0 Å². The normalized spacial score (nSPS) is 11.0. The Kier molecular flexibility index (Phi) is 23.9. The van der Waals surface area contributed by atoms with E-state index in [1.165, 1.54) is 32.1 Å². The number of nitrogens with zero attached hydrogens (tertiary/aromatic N) is 2. The molecule has 1 amide bonds. The van der Waals surface area contributed by atoms with Crippen molar-refractivity contribution in [3.8, 4) is 0 Å². The topological polar surface area (TPSA) is 76.2 Å². The van der Waals surface area contributed by atoms with Crippen molar-refractivity contribution in [3.63, 3.8) is 0 Å². The first-order valence-electron chi connectivity index (χ1n) is 14.6. The van der Waals surface area contributed by atoms with Crippen molar-refractivity contribution in [2.75, 3.05) is 46.9 Å². The average Bonchev–Trinajstić information content (AvgIpc) is 2.84. The quantitative estimate of drug-likeness (QED) is 0.108. The second-order valence-corrected chi connectivity index (χ2v) is 10.1. The van der Waals surface area contributed by atoms with Crippen molar-refractivity contribution in [2.45, 2.75) is 123 Å². The molecule has 0 saturated carbocycles. The molecule has 0 bridgehead atoms. The first-order chi connectivity index (χ1) is 17.4. The molecule has 212 valence electrons. The highest BCUT2D eigenvalue weighted by atomic mass is 16.5. The summed E-state index contributed by atoms with van der Waals surface area (Å²) in [6, 6.07) is 0. The predicted octanol–water partition coefficient (Wildman–Crippen LogP) is 6.13. The van der Waals surface area contributed by atoms with Gasteiger partial charge in [0.2, 0.25) is 5.91 Å². The lowest BCUT2D eigenvalue weighted by molar-refractivity contribution is -0.145. The molecule has 0 aliphatic heterocycles. The summed E-state index contributed by atoms with van der Waals surface area (Å²) in [6.07, 6.45) is 15.9. The third-order valence-corrected chi connectivity index (χ3v) is 6.27. The smallest absolute Gasteiger partial charge is 0.307 e. The van der Waals surface area contributed by atoms with E-state index in [1.807, 2.05) is 19.0 Å². The van der Waals surface area contributed by atoms with Crippen LogP contribution in [0, 0.1) is 0 Å². The Morgan fingerprint density at radius 1 is 0.528 bits per heavy atom. The molecule has 0 atom stereocenters. The summed E-state index contributed by atoms with van der Waals surface area (Å²) in [5.74, 6) is -0.230. The number of carbonyl (C=O) groups excluding carboxylic acids is 3. The van der Waals surface area contributed by atoms with Crippen LogP contribution < -0.4 is 0 Å². The Morgan fingerprint density at radius 2 is 1.06 bits per heavy atom. The van der Waals surface area contributed by atoms with E-state index < -0.39 is 0 Å². The van der Waals surface area contributed by atoms with Crippen LogP contribution >= 0.6 is 0 Å². The van der Waals surface area contributed by atoms with E-state index in [9.17, 15) is 14.4 Å². The second-order valence-electron chi connectivity index (χ2n) is 10.1. The Balaban J connectivity index is 3.99. The minimum Gasteiger partial charge on any atom is -0.466 e. The summed E-state index contributed by atoms with van der Waals surface area (Å²) in [7, 11) is 4.03. The standard InChI is InChI=1S/C29H56N2O5/c1-5-7-9-10-11-14-17-26-36-28(33)20-16-13-12-15-19-27(32)31(23-18-22-30(3)4)24-21-29(34)35-25-8-6-2/h5-26H2,1-4H3. The molecule has 0 aliphatic rings. The molecular weight excluding hydrogens is 456 g/mol. The minimum absolute atomic E-state index is 0.101. The maximum Gasteiger partial charge on any atom is 0.307 e. The average molecular weight is 513 g/mol. The van der Waals surface area contributed by atoms with Crippen LogP contribution in [0.5, 0.6) is 0 Å². The summed E-state index contributed by atoms with van der Waals surface area (Å²) in [5.41, 5.74) is 0. The van der Waals surface area contributed by atoms with E-state index in [4.69, 9.17) is 9.47 Å². The van der Waals surface area contributed by atoms with E-state index in [0.29, 0.717) is 39.1 Å². The summed E-state index contributed by atoms with van der Waals surface area (Å²) < 4.78 is 10.6. The molecule has 0 aromatic rings. The highest BCUT2D eigenvalue weighted by Crippen LogP contribution is 2.10. The third-order valence-electron chi connectivity index (χ3n) is 6.27. The van der Waals surface area contributed by atoms with E-state index in [0.717, 1.165) is 64.3 Å². The van der Waals surface area contributed by atoms with E-state index in [-0.39, 0.29) is 24.3 Å². The van der Waals surface area contributed by atoms with Crippen LogP contribution in [0.2, 0.25) is 0 Å². The number of carbonyl (C=O) groups is 3. The fourth-order valence-corrected chi connectivity index (χ4v) is 3.94. The number of amides is 1. The number of esters is 2. The molecule has 0 aliphatic carbocycles. The predicted molar refractivity (Wildman–Crippen MR) is 147 cm³/mol. The zero-order chi connectivity index (χ0) is 26.9. The number of rotatable bonds is 25. The van der Waals surface area contributed by atoms with Gasteiger partial charge in [-0.3, -0.25) is 14.4 Å². The summed E-state index contributed by atoms with van der Waals surface area (Å²) in [5, 5.41) is 0. The highest BCUT2D eigenvalue weighted by molar-refractivity contribution is 5.77. The van der Waals surface area contributed by atoms with Crippen LogP contribution in [0.25, 0.3) is 0 Å². The number of hydrogen-bond acceptors (Lipinski definition) is 6. The lowest BCUT2D eigenvalue weighted by Gasteiger charge is -2.23. The van der Waals surface area contributed by atoms with Crippen molar-refractivity contribution >= 4 is 17.8 Å². The van der Waals surface area contributed by atoms with Gasteiger partial charge in [-0.1, -0.05) is 71.6 Å². The van der Waals surface area contributed by atoms with Crippen LogP contribution in [0.3, 0.4) is 0 Å². The SMILES string of the molecule is CCCCCCCCCOC(=O)CCCCCCC(=O)N(CCCN(C)C)CCC(=O)OCCCC. The molecule has 0 aromatic heterocycles. The fourth-order valence-electron chi connectivity index (χ4n) is 3.94. The fraction of sp³-hybridized carbons (Fsp3) is 0.897. The van der Waals surface area contributed by atoms with Gasteiger partial charge in [0.25, 0.3) is 0 Å². The van der Waals surface area contributed by atoms with Crippen molar-refractivity contribution < 1.29 is 23.9 Å². The Bertz CT molecular complexity index is 554. The molecule has 0 spiro atoms. The maximum atomic E-state index is 12.8. The molecule has 0 aromatic carbocycles. The molecule has 7 heteroatoms. The van der Waals surface area contributed by atoms with Crippen LogP contribution in [0.4, 0.5) is 0 Å². The lowest BCUT2D eigenvalue weighted by atomic mass is 10.1. The van der Waals surface area contributed by atoms with E-state index in [2.05, 4.69) is 18.7 Å². The van der Waals surface area contributed by atoms with Crippen LogP contribution in [-0.2, 0) is 23.9 Å². The van der Waals surface area contributed by atoms with Gasteiger partial charge in [-0.25, -0.2) is 0 Å². The molecule has 36 heavy (non-hydrogen) atoms. The van der Waals surface area contributed by atoms with Gasteiger partial charge in [0.15, 0.2) is 0 Å². The number of hydrogen-bond donors (Lipinski definition) is 0. The number of unbranched alkanes of at least 4 members (excludes halogenated alkanes) is 10. The van der Waals surface area contributed by atoms with Gasteiger partial charge in [0.1, 0.15) is 0 Å². The van der Waals surface area contributed by atoms with Gasteiger partial charge in [-0.2, -0.15) is 0 Å². The molecule has 0 saturated heterocycles. The van der Waals surface area contributed by atoms with Gasteiger partial charge >= 0.3 is 11.9 Å². The van der Waals surface area contributed by atoms with Gasteiger partial charge in [0.05, 0.1) is 19.6 Å². The second kappa shape index (κ2) is 25.0. The zero-order valence-corrected chi connectivity index (χ0v) is 24.0. The van der Waals surface area contributed by atoms with Crippen molar-refractivity contribution in [1.82, 2.24) is 9.80 Å². The van der Waals surface area contributed by atoms with Gasteiger partial charge in [0, 0.05) is 25.9 Å². The van der Waals surface area contributed by atoms with Gasteiger partial charge in [-0.05, 0) is 52.7 Å². The summed E-state index contributed by atoms with van der Waals surface area (Å²) in [6.45, 7) is 7.25. The molecule has 0 rings (SSSR count). The first-order valence-corrected chi connectivity index (χ1v) is 14.6. The Labute approximate surface area is 221 Å². The van der Waals surface area contributed by atoms with E-state index >= 15 is 0 Å². The van der Waals surface area contributed by atoms with Crippen molar-refractivity contribution in [3.05, 3.63) is 0 Å².